The Hall–Kier alpha value is -1.22. The zero-order valence-corrected chi connectivity index (χ0v) is 18.9. The van der Waals surface area contributed by atoms with Gasteiger partial charge in [-0.15, -0.1) is 0 Å². The molecule has 0 spiro atoms. The Balaban J connectivity index is 2.44. The third kappa shape index (κ3) is 12.3. The number of hydrogen-bond donors (Lipinski definition) is 1. The Labute approximate surface area is 174 Å². The van der Waals surface area contributed by atoms with E-state index in [0.29, 0.717) is 0 Å². The van der Waals surface area contributed by atoms with Crippen LogP contribution in [0.3, 0.4) is 0 Å². The van der Waals surface area contributed by atoms with Crippen molar-refractivity contribution in [1.29, 1.82) is 0 Å². The summed E-state index contributed by atoms with van der Waals surface area (Å²) in [6.45, 7) is 10.2. The predicted octanol–water partition coefficient (Wildman–Crippen LogP) is 7.27. The summed E-state index contributed by atoms with van der Waals surface area (Å²) in [4.78, 5) is 0. The number of ether oxygens (including phenoxy) is 2. The summed E-state index contributed by atoms with van der Waals surface area (Å²) in [7, 11) is 0. The van der Waals surface area contributed by atoms with Gasteiger partial charge in [-0.25, -0.2) is 0 Å². The Morgan fingerprint density at radius 2 is 1.29 bits per heavy atom. The van der Waals surface area contributed by atoms with Gasteiger partial charge in [0.2, 0.25) is 0 Å². The molecule has 1 rings (SSSR count). The topological polar surface area (TPSA) is 30.5 Å². The third-order valence-corrected chi connectivity index (χ3v) is 5.08. The number of unbranched alkanes of at least 4 members (excludes halogenated alkanes) is 9. The number of benzene rings is 1. The first-order valence-corrected chi connectivity index (χ1v) is 11.9. The molecular formula is C25H45NO2. The normalized spacial score (nSPS) is 11.0. The lowest BCUT2D eigenvalue weighted by Crippen LogP contribution is -2.15. The zero-order valence-electron chi connectivity index (χ0n) is 18.9. The standard InChI is InChI=1S/C25H45NO2/c1-4-7-10-11-12-13-18-26-22-23-16-17-24(27-19-14-8-5-2)21-25(23)28-20-15-9-6-3/h16-17,21,26H,4-15,18-20,22H2,1-3H3. The Morgan fingerprint density at radius 3 is 2.00 bits per heavy atom. The van der Waals surface area contributed by atoms with E-state index in [-0.39, 0.29) is 0 Å². The van der Waals surface area contributed by atoms with Crippen molar-refractivity contribution in [3.63, 3.8) is 0 Å². The molecule has 0 amide bonds. The van der Waals surface area contributed by atoms with E-state index in [2.05, 4.69) is 44.3 Å². The molecule has 0 atom stereocenters. The largest absolute Gasteiger partial charge is 0.493 e. The van der Waals surface area contributed by atoms with Gasteiger partial charge in [-0.3, -0.25) is 0 Å². The van der Waals surface area contributed by atoms with Crippen LogP contribution in [0.5, 0.6) is 11.5 Å². The van der Waals surface area contributed by atoms with Crippen molar-refractivity contribution in [2.45, 2.75) is 104 Å². The van der Waals surface area contributed by atoms with Gasteiger partial charge >= 0.3 is 0 Å². The summed E-state index contributed by atoms with van der Waals surface area (Å²) >= 11 is 0. The van der Waals surface area contributed by atoms with Crippen LogP contribution < -0.4 is 14.8 Å². The van der Waals surface area contributed by atoms with Crippen molar-refractivity contribution >= 4 is 0 Å². The summed E-state index contributed by atoms with van der Waals surface area (Å²) < 4.78 is 12.0. The molecule has 28 heavy (non-hydrogen) atoms. The molecule has 0 radical (unpaired) electrons. The molecule has 3 heteroatoms. The highest BCUT2D eigenvalue weighted by Crippen LogP contribution is 2.26. The van der Waals surface area contributed by atoms with Crippen LogP contribution in [0.1, 0.15) is 103 Å². The smallest absolute Gasteiger partial charge is 0.127 e. The van der Waals surface area contributed by atoms with E-state index in [1.807, 2.05) is 0 Å². The van der Waals surface area contributed by atoms with Gasteiger partial charge in [0.05, 0.1) is 13.2 Å². The van der Waals surface area contributed by atoms with Crippen molar-refractivity contribution in [2.24, 2.45) is 0 Å². The fraction of sp³-hybridized carbons (Fsp3) is 0.760. The quantitative estimate of drug-likeness (QED) is 0.251. The Morgan fingerprint density at radius 1 is 0.679 bits per heavy atom. The SMILES string of the molecule is CCCCCCCCNCc1ccc(OCCCCC)cc1OCCCCC. The van der Waals surface area contributed by atoms with Crippen LogP contribution in [0.4, 0.5) is 0 Å². The van der Waals surface area contributed by atoms with E-state index in [0.717, 1.165) is 50.6 Å². The second-order valence-electron chi connectivity index (χ2n) is 7.83. The van der Waals surface area contributed by atoms with Crippen molar-refractivity contribution in [2.75, 3.05) is 19.8 Å². The minimum atomic E-state index is 0.789. The van der Waals surface area contributed by atoms with Gasteiger partial charge in [0, 0.05) is 18.2 Å². The van der Waals surface area contributed by atoms with E-state index < -0.39 is 0 Å². The number of hydrogen-bond acceptors (Lipinski definition) is 3. The Kier molecular flexibility index (Phi) is 15.8. The fourth-order valence-corrected chi connectivity index (χ4v) is 3.23. The lowest BCUT2D eigenvalue weighted by Gasteiger charge is -2.15. The highest BCUT2D eigenvalue weighted by Gasteiger charge is 2.07. The first kappa shape index (κ1) is 24.8. The summed E-state index contributed by atoms with van der Waals surface area (Å²) in [5, 5.41) is 3.59. The maximum Gasteiger partial charge on any atom is 0.127 e. The maximum atomic E-state index is 6.11. The number of nitrogens with one attached hydrogen (secondary N) is 1. The fourth-order valence-electron chi connectivity index (χ4n) is 3.23. The lowest BCUT2D eigenvalue weighted by atomic mass is 10.1. The summed E-state index contributed by atoms with van der Waals surface area (Å²) in [6, 6.07) is 6.34. The highest BCUT2D eigenvalue weighted by molar-refractivity contribution is 5.40. The Bertz CT molecular complexity index is 476. The second-order valence-corrected chi connectivity index (χ2v) is 7.83. The molecule has 0 saturated heterocycles. The van der Waals surface area contributed by atoms with Gasteiger partial charge in [0.25, 0.3) is 0 Å². The molecule has 3 nitrogen and oxygen atoms in total. The average molecular weight is 392 g/mol. The predicted molar refractivity (Wildman–Crippen MR) is 122 cm³/mol. The van der Waals surface area contributed by atoms with E-state index in [4.69, 9.17) is 9.47 Å². The molecular weight excluding hydrogens is 346 g/mol. The van der Waals surface area contributed by atoms with Crippen LogP contribution in [-0.4, -0.2) is 19.8 Å². The second kappa shape index (κ2) is 17.8. The first-order chi connectivity index (χ1) is 13.8. The maximum absolute atomic E-state index is 6.11. The molecule has 1 N–H and O–H groups in total. The molecule has 0 bridgehead atoms. The van der Waals surface area contributed by atoms with Gasteiger partial charge in [-0.05, 0) is 31.9 Å². The molecule has 162 valence electrons. The van der Waals surface area contributed by atoms with Crippen LogP contribution in [0.15, 0.2) is 18.2 Å². The van der Waals surface area contributed by atoms with E-state index in [9.17, 15) is 0 Å². The lowest BCUT2D eigenvalue weighted by molar-refractivity contribution is 0.289. The molecule has 0 aliphatic carbocycles. The molecule has 0 saturated carbocycles. The average Bonchev–Trinajstić information content (AvgIpc) is 2.71. The van der Waals surface area contributed by atoms with Crippen LogP contribution in [0.2, 0.25) is 0 Å². The molecule has 0 aliphatic heterocycles. The number of rotatable bonds is 19. The summed E-state index contributed by atoms with van der Waals surface area (Å²) in [6.07, 6.45) is 15.1. The van der Waals surface area contributed by atoms with Gasteiger partial charge in [0.1, 0.15) is 11.5 Å². The van der Waals surface area contributed by atoms with Gasteiger partial charge in [-0.2, -0.15) is 0 Å². The van der Waals surface area contributed by atoms with Crippen molar-refractivity contribution in [3.05, 3.63) is 23.8 Å². The molecule has 0 aliphatic rings. The minimum Gasteiger partial charge on any atom is -0.493 e. The van der Waals surface area contributed by atoms with Gasteiger partial charge in [0.15, 0.2) is 0 Å². The van der Waals surface area contributed by atoms with Gasteiger partial charge in [-0.1, -0.05) is 84.6 Å². The van der Waals surface area contributed by atoms with Crippen molar-refractivity contribution < 1.29 is 9.47 Å². The monoisotopic (exact) mass is 391 g/mol. The molecule has 0 heterocycles. The van der Waals surface area contributed by atoms with Crippen LogP contribution in [0.25, 0.3) is 0 Å². The first-order valence-electron chi connectivity index (χ1n) is 11.9. The minimum absolute atomic E-state index is 0.789. The molecule has 1 aromatic carbocycles. The molecule has 0 unspecified atom stereocenters. The highest BCUT2D eigenvalue weighted by atomic mass is 16.5. The van der Waals surface area contributed by atoms with Crippen LogP contribution in [0, 0.1) is 0 Å². The zero-order chi connectivity index (χ0) is 20.3. The van der Waals surface area contributed by atoms with Crippen LogP contribution >= 0.6 is 0 Å². The van der Waals surface area contributed by atoms with Gasteiger partial charge < -0.3 is 14.8 Å². The molecule has 0 fully saturated rings. The summed E-state index contributed by atoms with van der Waals surface area (Å²) in [5.74, 6) is 1.92. The third-order valence-electron chi connectivity index (χ3n) is 5.08. The molecule has 1 aromatic rings. The van der Waals surface area contributed by atoms with E-state index >= 15 is 0 Å². The summed E-state index contributed by atoms with van der Waals surface area (Å²) in [5.41, 5.74) is 1.24. The van der Waals surface area contributed by atoms with Crippen molar-refractivity contribution in [3.8, 4) is 11.5 Å². The van der Waals surface area contributed by atoms with Crippen molar-refractivity contribution in [1.82, 2.24) is 5.32 Å². The molecule has 0 aromatic heterocycles. The van der Waals surface area contributed by atoms with E-state index in [1.165, 1.54) is 69.8 Å². The van der Waals surface area contributed by atoms with Crippen LogP contribution in [-0.2, 0) is 6.54 Å². The van der Waals surface area contributed by atoms with E-state index in [1.54, 1.807) is 0 Å².